The number of fused-ring (bicyclic) bond motifs is 2. The summed E-state index contributed by atoms with van der Waals surface area (Å²) < 4.78 is 37.1. The molecule has 3 heterocycles. The second kappa shape index (κ2) is 6.43. The van der Waals surface area contributed by atoms with Crippen LogP contribution >= 0.6 is 0 Å². The van der Waals surface area contributed by atoms with Gasteiger partial charge in [-0.05, 0) is 12.8 Å². The normalized spacial score (nSPS) is 33.1. The highest BCUT2D eigenvalue weighted by molar-refractivity contribution is 7.89. The quantitative estimate of drug-likeness (QED) is 0.705. The Morgan fingerprint density at radius 2 is 1.95 bits per heavy atom. The van der Waals surface area contributed by atoms with Crippen molar-refractivity contribution < 1.29 is 22.7 Å². The molecule has 3 rings (SSSR count). The standard InChI is InChI=1S/C14H24N2O5S/c1-2-7-22(18,19)16-9-11-8-12(13(10-16)21-11)14(17)15-3-5-20-6-4-15/h11-13H,2-10H2,1H3/t11-,12+,13-/m0/s1. The summed E-state index contributed by atoms with van der Waals surface area (Å²) in [6.45, 7) is 4.92. The fraction of sp³-hybridized carbons (Fsp3) is 0.929. The van der Waals surface area contributed by atoms with Gasteiger partial charge in [0.05, 0.1) is 37.1 Å². The van der Waals surface area contributed by atoms with Gasteiger partial charge in [0, 0.05) is 26.2 Å². The summed E-state index contributed by atoms with van der Waals surface area (Å²) in [7, 11) is -3.22. The molecule has 0 spiro atoms. The zero-order chi connectivity index (χ0) is 15.7. The molecule has 3 atom stereocenters. The maximum absolute atomic E-state index is 12.6. The predicted molar refractivity (Wildman–Crippen MR) is 79.8 cm³/mol. The number of carbonyl (C=O) groups excluding carboxylic acids is 1. The van der Waals surface area contributed by atoms with E-state index in [0.717, 1.165) is 0 Å². The van der Waals surface area contributed by atoms with Crippen LogP contribution in [0, 0.1) is 5.92 Å². The highest BCUT2D eigenvalue weighted by Gasteiger charge is 2.48. The average Bonchev–Trinajstić information content (AvgIpc) is 2.81. The molecule has 0 unspecified atom stereocenters. The van der Waals surface area contributed by atoms with Gasteiger partial charge in [-0.15, -0.1) is 0 Å². The predicted octanol–water partition coefficient (Wildman–Crippen LogP) is -0.326. The first kappa shape index (κ1) is 16.2. The van der Waals surface area contributed by atoms with E-state index in [0.29, 0.717) is 52.2 Å². The molecule has 22 heavy (non-hydrogen) atoms. The number of hydrogen-bond donors (Lipinski definition) is 0. The van der Waals surface area contributed by atoms with Gasteiger partial charge in [0.25, 0.3) is 0 Å². The number of carbonyl (C=O) groups is 1. The van der Waals surface area contributed by atoms with Crippen LogP contribution in [0.2, 0.25) is 0 Å². The van der Waals surface area contributed by atoms with Gasteiger partial charge in [-0.3, -0.25) is 4.79 Å². The lowest BCUT2D eigenvalue weighted by Crippen LogP contribution is -2.50. The van der Waals surface area contributed by atoms with Gasteiger partial charge in [0.1, 0.15) is 0 Å². The van der Waals surface area contributed by atoms with E-state index in [1.165, 1.54) is 4.31 Å². The Morgan fingerprint density at radius 1 is 1.23 bits per heavy atom. The molecule has 0 aliphatic carbocycles. The van der Waals surface area contributed by atoms with Gasteiger partial charge in [-0.1, -0.05) is 6.92 Å². The van der Waals surface area contributed by atoms with Gasteiger partial charge < -0.3 is 14.4 Å². The Morgan fingerprint density at radius 3 is 2.64 bits per heavy atom. The number of amides is 1. The van der Waals surface area contributed by atoms with E-state index in [1.807, 2.05) is 11.8 Å². The van der Waals surface area contributed by atoms with Crippen molar-refractivity contribution in [1.29, 1.82) is 0 Å². The van der Waals surface area contributed by atoms with Crippen LogP contribution in [0.5, 0.6) is 0 Å². The third-order valence-electron chi connectivity index (χ3n) is 4.62. The monoisotopic (exact) mass is 332 g/mol. The Hall–Kier alpha value is -0.700. The molecule has 0 N–H and O–H groups in total. The minimum atomic E-state index is -3.22. The topological polar surface area (TPSA) is 76.2 Å². The van der Waals surface area contributed by atoms with Crippen molar-refractivity contribution in [3.05, 3.63) is 0 Å². The van der Waals surface area contributed by atoms with Gasteiger partial charge >= 0.3 is 0 Å². The highest BCUT2D eigenvalue weighted by Crippen LogP contribution is 2.34. The van der Waals surface area contributed by atoms with E-state index in [9.17, 15) is 13.2 Å². The third-order valence-corrected chi connectivity index (χ3v) is 6.63. The smallest absolute Gasteiger partial charge is 0.228 e. The molecule has 0 aromatic carbocycles. The van der Waals surface area contributed by atoms with Crippen molar-refractivity contribution in [3.63, 3.8) is 0 Å². The van der Waals surface area contributed by atoms with E-state index in [-0.39, 0.29) is 29.8 Å². The fourth-order valence-electron chi connectivity index (χ4n) is 3.52. The van der Waals surface area contributed by atoms with Crippen molar-refractivity contribution in [2.45, 2.75) is 32.0 Å². The zero-order valence-electron chi connectivity index (χ0n) is 12.9. The minimum Gasteiger partial charge on any atom is -0.378 e. The maximum atomic E-state index is 12.6. The van der Waals surface area contributed by atoms with Crippen molar-refractivity contribution in [2.24, 2.45) is 5.92 Å². The molecule has 1 amide bonds. The second-order valence-electron chi connectivity index (χ2n) is 6.21. The lowest BCUT2D eigenvalue weighted by Gasteiger charge is -2.33. The molecule has 0 saturated carbocycles. The average molecular weight is 332 g/mol. The summed E-state index contributed by atoms with van der Waals surface area (Å²) in [5.41, 5.74) is 0. The van der Waals surface area contributed by atoms with Crippen molar-refractivity contribution in [2.75, 3.05) is 45.1 Å². The largest absolute Gasteiger partial charge is 0.378 e. The first-order valence-electron chi connectivity index (χ1n) is 8.01. The van der Waals surface area contributed by atoms with Gasteiger partial charge in [0.15, 0.2) is 0 Å². The van der Waals surface area contributed by atoms with Crippen molar-refractivity contribution >= 4 is 15.9 Å². The highest BCUT2D eigenvalue weighted by atomic mass is 32.2. The summed E-state index contributed by atoms with van der Waals surface area (Å²) >= 11 is 0. The molecule has 0 aromatic heterocycles. The van der Waals surface area contributed by atoms with Crippen LogP contribution in [0.4, 0.5) is 0 Å². The summed E-state index contributed by atoms with van der Waals surface area (Å²) in [5, 5.41) is 0. The molecule has 126 valence electrons. The number of morpholine rings is 2. The van der Waals surface area contributed by atoms with Gasteiger partial charge in [0.2, 0.25) is 15.9 Å². The summed E-state index contributed by atoms with van der Waals surface area (Å²) in [4.78, 5) is 14.5. The minimum absolute atomic E-state index is 0.0885. The maximum Gasteiger partial charge on any atom is 0.228 e. The van der Waals surface area contributed by atoms with Crippen molar-refractivity contribution in [3.8, 4) is 0 Å². The molecule has 2 bridgehead atoms. The van der Waals surface area contributed by atoms with Gasteiger partial charge in [-0.2, -0.15) is 4.31 Å². The summed E-state index contributed by atoms with van der Waals surface area (Å²) in [6.07, 6.45) is 0.769. The summed E-state index contributed by atoms with van der Waals surface area (Å²) in [6, 6.07) is 0. The fourth-order valence-corrected chi connectivity index (χ4v) is 5.06. The number of ether oxygens (including phenoxy) is 2. The summed E-state index contributed by atoms with van der Waals surface area (Å²) in [5.74, 6) is 0.0320. The van der Waals surface area contributed by atoms with Crippen molar-refractivity contribution in [1.82, 2.24) is 9.21 Å². The van der Waals surface area contributed by atoms with Crippen LogP contribution in [0.25, 0.3) is 0 Å². The van der Waals surface area contributed by atoms with E-state index in [1.54, 1.807) is 0 Å². The van der Waals surface area contributed by atoms with E-state index >= 15 is 0 Å². The molecule has 7 nitrogen and oxygen atoms in total. The molecule has 3 fully saturated rings. The Bertz CT molecular complexity index is 517. The molecule has 3 saturated heterocycles. The number of nitrogens with zero attached hydrogens (tertiary/aromatic N) is 2. The first-order chi connectivity index (χ1) is 10.5. The molecule has 3 aliphatic heterocycles. The Kier molecular flexibility index (Phi) is 4.72. The number of hydrogen-bond acceptors (Lipinski definition) is 5. The number of rotatable bonds is 4. The van der Waals surface area contributed by atoms with Crippen LogP contribution in [0.1, 0.15) is 19.8 Å². The molecular formula is C14H24N2O5S. The van der Waals surface area contributed by atoms with Crippen LogP contribution in [-0.4, -0.2) is 80.9 Å². The Balaban J connectivity index is 1.67. The zero-order valence-corrected chi connectivity index (χ0v) is 13.8. The van der Waals surface area contributed by atoms with E-state index in [2.05, 4.69) is 0 Å². The van der Waals surface area contributed by atoms with Crippen LogP contribution in [0.15, 0.2) is 0 Å². The molecule has 0 radical (unpaired) electrons. The SMILES string of the molecule is CCCS(=O)(=O)N1C[C@@H]2C[C@@H](C(=O)N3CCOCC3)[C@H](C1)O2. The van der Waals surface area contributed by atoms with Crippen LogP contribution < -0.4 is 0 Å². The molecule has 8 heteroatoms. The van der Waals surface area contributed by atoms with E-state index < -0.39 is 10.0 Å². The van der Waals surface area contributed by atoms with Crippen LogP contribution in [0.3, 0.4) is 0 Å². The number of sulfonamides is 1. The molecular weight excluding hydrogens is 308 g/mol. The molecule has 3 aliphatic rings. The molecule has 0 aromatic rings. The second-order valence-corrected chi connectivity index (χ2v) is 8.30. The third kappa shape index (κ3) is 3.15. The lowest BCUT2D eigenvalue weighted by atomic mass is 9.98. The Labute approximate surface area is 131 Å². The van der Waals surface area contributed by atoms with E-state index in [4.69, 9.17) is 9.47 Å². The van der Waals surface area contributed by atoms with Gasteiger partial charge in [-0.25, -0.2) is 8.42 Å². The lowest BCUT2D eigenvalue weighted by molar-refractivity contribution is -0.142. The first-order valence-corrected chi connectivity index (χ1v) is 9.62. The van der Waals surface area contributed by atoms with Crippen LogP contribution in [-0.2, 0) is 24.3 Å².